The summed E-state index contributed by atoms with van der Waals surface area (Å²) in [5, 5.41) is 0.713. The van der Waals surface area contributed by atoms with E-state index in [1.807, 2.05) is 66.7 Å². The molecule has 2 heteroatoms. The first-order chi connectivity index (χ1) is 8.83. The molecule has 0 aliphatic carbocycles. The van der Waals surface area contributed by atoms with Gasteiger partial charge >= 0.3 is 0 Å². The summed E-state index contributed by atoms with van der Waals surface area (Å²) in [7, 11) is 0. The lowest BCUT2D eigenvalue weighted by Gasteiger charge is -1.98. The molecule has 88 valence electrons. The van der Waals surface area contributed by atoms with E-state index in [2.05, 4.69) is 0 Å². The lowest BCUT2D eigenvalue weighted by Crippen LogP contribution is -1.73. The zero-order valence-electron chi connectivity index (χ0n) is 9.64. The molecule has 0 spiro atoms. The van der Waals surface area contributed by atoms with Crippen molar-refractivity contribution in [3.63, 3.8) is 0 Å². The predicted octanol–water partition coefficient (Wildman–Crippen LogP) is 5.27. The van der Waals surface area contributed by atoms with Gasteiger partial charge in [0.25, 0.3) is 0 Å². The molecule has 3 aromatic rings. The Morgan fingerprint density at radius 3 is 2.06 bits per heavy atom. The molecule has 0 saturated carbocycles. The number of rotatable bonds is 2. The largest absolute Gasteiger partial charge is 0.456 e. The molecule has 0 aliphatic heterocycles. The molecule has 1 aromatic heterocycles. The van der Waals surface area contributed by atoms with Crippen LogP contribution in [0.4, 0.5) is 0 Å². The van der Waals surface area contributed by atoms with Crippen LogP contribution in [0.15, 0.2) is 71.1 Å². The van der Waals surface area contributed by atoms with E-state index in [0.717, 1.165) is 22.6 Å². The van der Waals surface area contributed by atoms with Gasteiger partial charge < -0.3 is 4.42 Å². The maximum absolute atomic E-state index is 5.98. The van der Waals surface area contributed by atoms with Crippen LogP contribution in [-0.2, 0) is 0 Å². The highest BCUT2D eigenvalue weighted by atomic mass is 35.5. The molecule has 18 heavy (non-hydrogen) atoms. The van der Waals surface area contributed by atoms with Gasteiger partial charge in [0.15, 0.2) is 0 Å². The van der Waals surface area contributed by atoms with Crippen molar-refractivity contribution in [2.24, 2.45) is 0 Å². The van der Waals surface area contributed by atoms with E-state index in [0.29, 0.717) is 5.02 Å². The topological polar surface area (TPSA) is 13.1 Å². The van der Waals surface area contributed by atoms with Gasteiger partial charge in [0.1, 0.15) is 11.5 Å². The molecule has 2 aromatic carbocycles. The third-order valence-corrected chi connectivity index (χ3v) is 3.01. The van der Waals surface area contributed by atoms with Gasteiger partial charge in [0.2, 0.25) is 0 Å². The monoisotopic (exact) mass is 254 g/mol. The minimum absolute atomic E-state index is 0.713. The van der Waals surface area contributed by atoms with Gasteiger partial charge in [-0.25, -0.2) is 0 Å². The Morgan fingerprint density at radius 1 is 0.667 bits per heavy atom. The molecule has 0 N–H and O–H groups in total. The highest BCUT2D eigenvalue weighted by Gasteiger charge is 2.06. The highest BCUT2D eigenvalue weighted by molar-refractivity contribution is 6.30. The predicted molar refractivity (Wildman–Crippen MR) is 74.6 cm³/mol. The summed E-state index contributed by atoms with van der Waals surface area (Å²) in [5.74, 6) is 1.70. The molecule has 0 atom stereocenters. The van der Waals surface area contributed by atoms with Crippen LogP contribution in [0, 0.1) is 0 Å². The Hall–Kier alpha value is -1.99. The van der Waals surface area contributed by atoms with Crippen molar-refractivity contribution in [1.29, 1.82) is 0 Å². The van der Waals surface area contributed by atoms with Crippen LogP contribution in [0.25, 0.3) is 22.6 Å². The Morgan fingerprint density at radius 2 is 1.33 bits per heavy atom. The van der Waals surface area contributed by atoms with E-state index in [4.69, 9.17) is 16.0 Å². The maximum atomic E-state index is 5.98. The van der Waals surface area contributed by atoms with Crippen LogP contribution in [0.1, 0.15) is 0 Å². The van der Waals surface area contributed by atoms with Crippen molar-refractivity contribution in [2.45, 2.75) is 0 Å². The average Bonchev–Trinajstić information content (AvgIpc) is 2.89. The lowest BCUT2D eigenvalue weighted by atomic mass is 10.1. The van der Waals surface area contributed by atoms with E-state index in [-0.39, 0.29) is 0 Å². The Labute approximate surface area is 111 Å². The Balaban J connectivity index is 2.00. The fraction of sp³-hybridized carbons (Fsp3) is 0. The zero-order chi connectivity index (χ0) is 12.4. The van der Waals surface area contributed by atoms with Gasteiger partial charge in [0, 0.05) is 16.1 Å². The van der Waals surface area contributed by atoms with Crippen LogP contribution in [-0.4, -0.2) is 0 Å². The fourth-order valence-electron chi connectivity index (χ4n) is 1.89. The second-order valence-corrected chi connectivity index (χ2v) is 4.48. The molecule has 1 heterocycles. The zero-order valence-corrected chi connectivity index (χ0v) is 10.4. The maximum Gasteiger partial charge on any atom is 0.134 e. The van der Waals surface area contributed by atoms with Crippen molar-refractivity contribution in [1.82, 2.24) is 0 Å². The molecule has 0 aliphatic rings. The summed E-state index contributed by atoms with van der Waals surface area (Å²) in [6.45, 7) is 0. The summed E-state index contributed by atoms with van der Waals surface area (Å²) < 4.78 is 5.85. The first-order valence-electron chi connectivity index (χ1n) is 5.74. The van der Waals surface area contributed by atoms with Gasteiger partial charge in [-0.05, 0) is 24.3 Å². The van der Waals surface area contributed by atoms with Crippen LogP contribution in [0.5, 0.6) is 0 Å². The van der Waals surface area contributed by atoms with Gasteiger partial charge in [0.05, 0.1) is 0 Å². The smallest absolute Gasteiger partial charge is 0.134 e. The third-order valence-electron chi connectivity index (χ3n) is 2.77. The fourth-order valence-corrected chi connectivity index (χ4v) is 2.08. The van der Waals surface area contributed by atoms with Gasteiger partial charge in [-0.1, -0.05) is 54.1 Å². The van der Waals surface area contributed by atoms with Crippen LogP contribution in [0.2, 0.25) is 5.02 Å². The Bertz CT molecular complexity index is 656. The van der Waals surface area contributed by atoms with Crippen molar-refractivity contribution >= 4 is 11.6 Å². The average molecular weight is 255 g/mol. The van der Waals surface area contributed by atoms with E-state index in [1.165, 1.54) is 0 Å². The first-order valence-corrected chi connectivity index (χ1v) is 6.12. The summed E-state index contributed by atoms with van der Waals surface area (Å²) in [5.41, 5.74) is 2.07. The first kappa shape index (κ1) is 11.1. The number of hydrogen-bond donors (Lipinski definition) is 0. The van der Waals surface area contributed by atoms with E-state index in [1.54, 1.807) is 0 Å². The molecule has 1 nitrogen and oxygen atoms in total. The molecule has 0 radical (unpaired) electrons. The van der Waals surface area contributed by atoms with Crippen LogP contribution < -0.4 is 0 Å². The van der Waals surface area contributed by atoms with Crippen LogP contribution >= 0.6 is 11.6 Å². The number of hydrogen-bond acceptors (Lipinski definition) is 1. The normalized spacial score (nSPS) is 10.5. The molecule has 0 fully saturated rings. The molecule has 0 saturated heterocycles. The minimum Gasteiger partial charge on any atom is -0.456 e. The molecule has 0 bridgehead atoms. The number of halogens is 1. The highest BCUT2D eigenvalue weighted by Crippen LogP contribution is 2.29. The quantitative estimate of drug-likeness (QED) is 0.607. The minimum atomic E-state index is 0.713. The SMILES string of the molecule is Clc1cccc(-c2ccc(-c3ccccc3)o2)c1. The van der Waals surface area contributed by atoms with Gasteiger partial charge in [-0.2, -0.15) is 0 Å². The summed E-state index contributed by atoms with van der Waals surface area (Å²) >= 11 is 5.98. The molecule has 0 unspecified atom stereocenters. The summed E-state index contributed by atoms with van der Waals surface area (Å²) in [6.07, 6.45) is 0. The molecule has 0 amide bonds. The second-order valence-electron chi connectivity index (χ2n) is 4.04. The van der Waals surface area contributed by atoms with Gasteiger partial charge in [-0.15, -0.1) is 0 Å². The Kier molecular flexibility index (Phi) is 2.91. The van der Waals surface area contributed by atoms with Crippen molar-refractivity contribution in [3.8, 4) is 22.6 Å². The van der Waals surface area contributed by atoms with Crippen molar-refractivity contribution in [3.05, 3.63) is 71.8 Å². The standard InChI is InChI=1S/C16H11ClO/c17-14-8-4-7-13(11-14)16-10-9-15(18-16)12-5-2-1-3-6-12/h1-11H. The second kappa shape index (κ2) is 4.71. The molecular weight excluding hydrogens is 244 g/mol. The number of furan rings is 1. The van der Waals surface area contributed by atoms with E-state index >= 15 is 0 Å². The van der Waals surface area contributed by atoms with Crippen molar-refractivity contribution < 1.29 is 4.42 Å². The van der Waals surface area contributed by atoms with E-state index < -0.39 is 0 Å². The van der Waals surface area contributed by atoms with Crippen LogP contribution in [0.3, 0.4) is 0 Å². The third kappa shape index (κ3) is 2.18. The number of benzene rings is 2. The summed E-state index contributed by atoms with van der Waals surface area (Å²) in [4.78, 5) is 0. The molecular formula is C16H11ClO. The molecule has 3 rings (SSSR count). The van der Waals surface area contributed by atoms with E-state index in [9.17, 15) is 0 Å². The van der Waals surface area contributed by atoms with Crippen molar-refractivity contribution in [2.75, 3.05) is 0 Å². The summed E-state index contributed by atoms with van der Waals surface area (Å²) in [6, 6.07) is 21.6. The lowest BCUT2D eigenvalue weighted by molar-refractivity contribution is 0.597. The van der Waals surface area contributed by atoms with Gasteiger partial charge in [-0.3, -0.25) is 0 Å².